The molecule has 0 saturated carbocycles. The van der Waals surface area contributed by atoms with Gasteiger partial charge in [0.15, 0.2) is 0 Å². The van der Waals surface area contributed by atoms with Crippen LogP contribution in [0.4, 0.5) is 0 Å². The van der Waals surface area contributed by atoms with E-state index in [9.17, 15) is 0 Å². The molecule has 3 heteroatoms. The Balaban J connectivity index is 3.34. The summed E-state index contributed by atoms with van der Waals surface area (Å²) < 4.78 is 0.524. The van der Waals surface area contributed by atoms with E-state index in [1.165, 1.54) is 6.34 Å². The third kappa shape index (κ3) is 5.94. The molecule has 0 aliphatic carbocycles. The van der Waals surface area contributed by atoms with Gasteiger partial charge in [0, 0.05) is 10.1 Å². The van der Waals surface area contributed by atoms with Crippen LogP contribution in [0, 0.1) is 0 Å². The standard InChI is InChI=1S/C5H9IN2/c1-5(6)2-3-8-4-7/h2-5H,1H3,(H2,7,8)/b3-2-/t5-/m1/s1. The van der Waals surface area contributed by atoms with Gasteiger partial charge in [0.05, 0.1) is 6.34 Å². The molecule has 2 nitrogen and oxygen atoms in total. The molecule has 1 atom stereocenters. The lowest BCUT2D eigenvalue weighted by Gasteiger charge is -1.85. The average molecular weight is 224 g/mol. The highest BCUT2D eigenvalue weighted by atomic mass is 127. The lowest BCUT2D eigenvalue weighted by Crippen LogP contribution is -1.86. The van der Waals surface area contributed by atoms with Gasteiger partial charge < -0.3 is 5.73 Å². The fourth-order valence-corrected chi connectivity index (χ4v) is 0.404. The molecule has 8 heavy (non-hydrogen) atoms. The van der Waals surface area contributed by atoms with Crippen LogP contribution in [0.2, 0.25) is 0 Å². The van der Waals surface area contributed by atoms with Gasteiger partial charge in [-0.1, -0.05) is 28.7 Å². The van der Waals surface area contributed by atoms with Gasteiger partial charge in [0.1, 0.15) is 0 Å². The molecule has 0 bridgehead atoms. The number of hydrogen-bond acceptors (Lipinski definition) is 1. The van der Waals surface area contributed by atoms with Crippen LogP contribution in [0.3, 0.4) is 0 Å². The van der Waals surface area contributed by atoms with E-state index in [4.69, 9.17) is 5.73 Å². The van der Waals surface area contributed by atoms with Crippen LogP contribution in [0.15, 0.2) is 17.3 Å². The van der Waals surface area contributed by atoms with Crippen LogP contribution < -0.4 is 5.73 Å². The van der Waals surface area contributed by atoms with Crippen LogP contribution in [0.25, 0.3) is 0 Å². The Labute approximate surface area is 63.0 Å². The van der Waals surface area contributed by atoms with Crippen LogP contribution >= 0.6 is 22.6 Å². The molecule has 0 fully saturated rings. The van der Waals surface area contributed by atoms with Gasteiger partial charge >= 0.3 is 0 Å². The van der Waals surface area contributed by atoms with Crippen LogP contribution in [-0.4, -0.2) is 10.3 Å². The maximum atomic E-state index is 4.97. The molecule has 0 spiro atoms. The molecule has 0 aliphatic heterocycles. The fourth-order valence-electron chi connectivity index (χ4n) is 0.218. The van der Waals surface area contributed by atoms with Crippen molar-refractivity contribution in [3.63, 3.8) is 0 Å². The summed E-state index contributed by atoms with van der Waals surface area (Å²) in [6.07, 6.45) is 4.93. The van der Waals surface area contributed by atoms with E-state index in [1.54, 1.807) is 6.20 Å². The minimum Gasteiger partial charge on any atom is -0.390 e. The molecule has 0 aromatic rings. The lowest BCUT2D eigenvalue weighted by molar-refractivity contribution is 1.28. The van der Waals surface area contributed by atoms with Gasteiger partial charge in [-0.05, 0) is 6.92 Å². The number of allylic oxidation sites excluding steroid dienone is 1. The third-order valence-corrected chi connectivity index (χ3v) is 0.939. The molecule has 0 heterocycles. The summed E-state index contributed by atoms with van der Waals surface area (Å²) in [6.45, 7) is 2.07. The highest BCUT2D eigenvalue weighted by Gasteiger charge is 1.80. The normalized spacial score (nSPS) is 15.8. The molecule has 46 valence electrons. The fraction of sp³-hybridized carbons (Fsp3) is 0.400. The number of rotatable bonds is 2. The maximum absolute atomic E-state index is 4.97. The van der Waals surface area contributed by atoms with Gasteiger partial charge in [0.25, 0.3) is 0 Å². The summed E-state index contributed by atoms with van der Waals surface area (Å²) in [5, 5.41) is 0. The topological polar surface area (TPSA) is 38.4 Å². The second-order valence-electron chi connectivity index (χ2n) is 1.32. The van der Waals surface area contributed by atoms with E-state index >= 15 is 0 Å². The van der Waals surface area contributed by atoms with Crippen molar-refractivity contribution in [3.05, 3.63) is 12.3 Å². The number of aliphatic imine (C=N–C) groups is 1. The van der Waals surface area contributed by atoms with Crippen molar-refractivity contribution in [2.45, 2.75) is 10.8 Å². The summed E-state index contributed by atoms with van der Waals surface area (Å²) in [4.78, 5) is 3.68. The molecule has 0 radical (unpaired) electrons. The smallest absolute Gasteiger partial charge is 0.0852 e. The van der Waals surface area contributed by atoms with Gasteiger partial charge in [0.2, 0.25) is 0 Å². The predicted molar refractivity (Wildman–Crippen MR) is 45.3 cm³/mol. The molecule has 0 unspecified atom stereocenters. The Hall–Kier alpha value is -0.0600. The summed E-state index contributed by atoms with van der Waals surface area (Å²) in [5.41, 5.74) is 4.97. The zero-order valence-corrected chi connectivity index (χ0v) is 6.87. The van der Waals surface area contributed by atoms with Crippen LogP contribution in [0.1, 0.15) is 6.92 Å². The second kappa shape index (κ2) is 5.08. The molecule has 0 aromatic heterocycles. The summed E-state index contributed by atoms with van der Waals surface area (Å²) in [6, 6.07) is 0. The van der Waals surface area contributed by atoms with Crippen molar-refractivity contribution in [1.82, 2.24) is 0 Å². The van der Waals surface area contributed by atoms with Gasteiger partial charge in [-0.2, -0.15) is 0 Å². The first kappa shape index (κ1) is 7.94. The first-order valence-electron chi connectivity index (χ1n) is 2.31. The van der Waals surface area contributed by atoms with Crippen molar-refractivity contribution in [2.75, 3.05) is 0 Å². The first-order valence-corrected chi connectivity index (χ1v) is 3.56. The van der Waals surface area contributed by atoms with Crippen LogP contribution in [-0.2, 0) is 0 Å². The maximum Gasteiger partial charge on any atom is 0.0852 e. The molecular weight excluding hydrogens is 215 g/mol. The van der Waals surface area contributed by atoms with Crippen molar-refractivity contribution < 1.29 is 0 Å². The lowest BCUT2D eigenvalue weighted by atomic mass is 10.5. The first-order chi connectivity index (χ1) is 3.77. The Kier molecular flexibility index (Phi) is 5.05. The van der Waals surface area contributed by atoms with Crippen LogP contribution in [0.5, 0.6) is 0 Å². The quantitative estimate of drug-likeness (QED) is 0.326. The van der Waals surface area contributed by atoms with Gasteiger partial charge in [-0.25, -0.2) is 4.99 Å². The van der Waals surface area contributed by atoms with E-state index in [2.05, 4.69) is 34.5 Å². The molecule has 2 N–H and O–H groups in total. The highest BCUT2D eigenvalue weighted by Crippen LogP contribution is 1.98. The van der Waals surface area contributed by atoms with Gasteiger partial charge in [-0.3, -0.25) is 0 Å². The number of nitrogens with two attached hydrogens (primary N) is 1. The van der Waals surface area contributed by atoms with E-state index in [0.717, 1.165) is 0 Å². The number of alkyl halides is 1. The second-order valence-corrected chi connectivity index (χ2v) is 3.28. The SMILES string of the molecule is C[C@@H](I)/C=C\N=CN. The van der Waals surface area contributed by atoms with Crippen molar-refractivity contribution in [1.29, 1.82) is 0 Å². The monoisotopic (exact) mass is 224 g/mol. The highest BCUT2D eigenvalue weighted by molar-refractivity contribution is 14.1. The van der Waals surface area contributed by atoms with Crippen molar-refractivity contribution in [2.24, 2.45) is 10.7 Å². The molecular formula is C5H9IN2. The van der Waals surface area contributed by atoms with E-state index < -0.39 is 0 Å². The van der Waals surface area contributed by atoms with E-state index in [0.29, 0.717) is 3.92 Å². The number of nitrogens with zero attached hydrogens (tertiary/aromatic N) is 1. The Morgan fingerprint density at radius 3 is 2.75 bits per heavy atom. The zero-order valence-electron chi connectivity index (χ0n) is 4.71. The Bertz CT molecular complexity index is 96.6. The number of halogens is 1. The molecule has 0 aromatic carbocycles. The van der Waals surface area contributed by atoms with Crippen molar-refractivity contribution in [3.8, 4) is 0 Å². The Morgan fingerprint density at radius 2 is 2.38 bits per heavy atom. The molecule has 0 aliphatic rings. The van der Waals surface area contributed by atoms with E-state index in [1.807, 2.05) is 6.08 Å². The molecule has 0 amide bonds. The summed E-state index contributed by atoms with van der Waals surface area (Å²) >= 11 is 2.28. The largest absolute Gasteiger partial charge is 0.390 e. The zero-order chi connectivity index (χ0) is 6.41. The van der Waals surface area contributed by atoms with Gasteiger partial charge in [-0.15, -0.1) is 0 Å². The molecule has 0 saturated heterocycles. The molecule has 0 rings (SSSR count). The minimum absolute atomic E-state index is 0.524. The Morgan fingerprint density at radius 1 is 1.75 bits per heavy atom. The predicted octanol–water partition coefficient (Wildman–Crippen LogP) is 1.31. The third-order valence-electron chi connectivity index (χ3n) is 0.523. The average Bonchev–Trinajstić information content (AvgIpc) is 1.66. The summed E-state index contributed by atoms with van der Waals surface area (Å²) in [5.74, 6) is 0. The number of hydrogen-bond donors (Lipinski definition) is 1. The summed E-state index contributed by atoms with van der Waals surface area (Å²) in [7, 11) is 0. The van der Waals surface area contributed by atoms with Crippen molar-refractivity contribution >= 4 is 28.9 Å². The minimum atomic E-state index is 0.524. The van der Waals surface area contributed by atoms with E-state index in [-0.39, 0.29) is 0 Å².